The summed E-state index contributed by atoms with van der Waals surface area (Å²) in [6, 6.07) is 8.55. The van der Waals surface area contributed by atoms with Gasteiger partial charge in [0, 0.05) is 25.0 Å². The number of likely N-dealkylation sites (N-methyl/N-ethyl adjacent to an activating group) is 1. The second-order valence-electron chi connectivity index (χ2n) is 5.12. The summed E-state index contributed by atoms with van der Waals surface area (Å²) in [6.07, 6.45) is 6.37. The summed E-state index contributed by atoms with van der Waals surface area (Å²) < 4.78 is 0. The molecule has 0 aliphatic rings. The van der Waals surface area contributed by atoms with Gasteiger partial charge in [0.05, 0.1) is 15.7 Å². The van der Waals surface area contributed by atoms with Gasteiger partial charge in [0.25, 0.3) is 0 Å². The predicted molar refractivity (Wildman–Crippen MR) is 101 cm³/mol. The zero-order valence-corrected chi connectivity index (χ0v) is 15.1. The van der Waals surface area contributed by atoms with Crippen LogP contribution in [0, 0.1) is 0 Å². The molecule has 1 aromatic heterocycles. The molecule has 0 bridgehead atoms. The highest BCUT2D eigenvalue weighted by Crippen LogP contribution is 2.29. The van der Waals surface area contributed by atoms with E-state index in [0.717, 1.165) is 5.56 Å². The van der Waals surface area contributed by atoms with Crippen molar-refractivity contribution in [3.05, 3.63) is 64.4 Å². The number of carbonyl (C=O) groups is 2. The van der Waals surface area contributed by atoms with Crippen LogP contribution in [-0.2, 0) is 9.59 Å². The SMILES string of the molecule is CCN(CC(=O)Nc1c(Cl)cccc1Cl)C(=O)/C=C/c1cccnc1. The van der Waals surface area contributed by atoms with E-state index in [4.69, 9.17) is 23.2 Å². The first kappa shape index (κ1) is 19.0. The highest BCUT2D eigenvalue weighted by molar-refractivity contribution is 6.39. The number of rotatable bonds is 6. The van der Waals surface area contributed by atoms with Crippen LogP contribution in [0.1, 0.15) is 12.5 Å². The number of carbonyl (C=O) groups excluding carboxylic acids is 2. The van der Waals surface area contributed by atoms with E-state index in [9.17, 15) is 9.59 Å². The van der Waals surface area contributed by atoms with Crippen molar-refractivity contribution in [1.82, 2.24) is 9.88 Å². The summed E-state index contributed by atoms with van der Waals surface area (Å²) in [4.78, 5) is 29.8. The Morgan fingerprint density at radius 2 is 1.92 bits per heavy atom. The summed E-state index contributed by atoms with van der Waals surface area (Å²) >= 11 is 12.1. The van der Waals surface area contributed by atoms with Crippen LogP contribution in [0.5, 0.6) is 0 Å². The van der Waals surface area contributed by atoms with E-state index in [1.54, 1.807) is 49.7 Å². The Balaban J connectivity index is 2.00. The molecule has 2 aromatic rings. The number of amides is 2. The van der Waals surface area contributed by atoms with Gasteiger partial charge in [-0.2, -0.15) is 0 Å². The number of pyridine rings is 1. The molecule has 5 nitrogen and oxygen atoms in total. The number of aromatic nitrogens is 1. The molecule has 25 heavy (non-hydrogen) atoms. The molecule has 1 N–H and O–H groups in total. The number of anilines is 1. The first-order chi connectivity index (χ1) is 12.0. The van der Waals surface area contributed by atoms with Crippen LogP contribution < -0.4 is 5.32 Å². The molecular weight excluding hydrogens is 361 g/mol. The van der Waals surface area contributed by atoms with Crippen LogP contribution in [0.25, 0.3) is 6.08 Å². The van der Waals surface area contributed by atoms with Gasteiger partial charge in [-0.3, -0.25) is 14.6 Å². The molecule has 0 fully saturated rings. The van der Waals surface area contributed by atoms with E-state index >= 15 is 0 Å². The molecule has 1 aromatic carbocycles. The van der Waals surface area contributed by atoms with Crippen molar-refractivity contribution in [3.63, 3.8) is 0 Å². The van der Waals surface area contributed by atoms with Gasteiger partial charge in [0.2, 0.25) is 11.8 Å². The Bertz CT molecular complexity index is 759. The fourth-order valence-corrected chi connectivity index (χ4v) is 2.55. The zero-order valence-electron chi connectivity index (χ0n) is 13.6. The molecule has 0 unspecified atom stereocenters. The number of nitrogens with zero attached hydrogens (tertiary/aromatic N) is 2. The Labute approximate surface area is 156 Å². The van der Waals surface area contributed by atoms with Crippen LogP contribution in [0.3, 0.4) is 0 Å². The maximum Gasteiger partial charge on any atom is 0.247 e. The number of hydrogen-bond donors (Lipinski definition) is 1. The fraction of sp³-hybridized carbons (Fsp3) is 0.167. The van der Waals surface area contributed by atoms with Gasteiger partial charge >= 0.3 is 0 Å². The molecule has 0 aliphatic carbocycles. The molecule has 0 aliphatic heterocycles. The zero-order chi connectivity index (χ0) is 18.2. The first-order valence-electron chi connectivity index (χ1n) is 7.62. The summed E-state index contributed by atoms with van der Waals surface area (Å²) in [5.74, 6) is -0.647. The van der Waals surface area contributed by atoms with Gasteiger partial charge in [-0.15, -0.1) is 0 Å². The highest BCUT2D eigenvalue weighted by Gasteiger charge is 2.15. The molecule has 0 saturated heterocycles. The first-order valence-corrected chi connectivity index (χ1v) is 8.37. The molecule has 1 heterocycles. The minimum atomic E-state index is -0.375. The lowest BCUT2D eigenvalue weighted by Crippen LogP contribution is -2.37. The van der Waals surface area contributed by atoms with Gasteiger partial charge < -0.3 is 10.2 Å². The summed E-state index contributed by atoms with van der Waals surface area (Å²) in [7, 11) is 0. The quantitative estimate of drug-likeness (QED) is 0.776. The Morgan fingerprint density at radius 1 is 1.20 bits per heavy atom. The predicted octanol–water partition coefficient (Wildman–Crippen LogP) is 3.89. The Kier molecular flexibility index (Phi) is 6.98. The minimum absolute atomic E-state index is 0.103. The molecule has 0 saturated carbocycles. The van der Waals surface area contributed by atoms with E-state index in [2.05, 4.69) is 10.3 Å². The van der Waals surface area contributed by atoms with E-state index in [0.29, 0.717) is 22.3 Å². The standard InChI is InChI=1S/C18H17Cl2N3O2/c1-2-23(17(25)9-8-13-5-4-10-21-11-13)12-16(24)22-18-14(19)6-3-7-15(18)20/h3-11H,2,12H2,1H3,(H,22,24)/b9-8+. The van der Waals surface area contributed by atoms with Crippen LogP contribution in [-0.4, -0.2) is 34.8 Å². The topological polar surface area (TPSA) is 62.3 Å². The Morgan fingerprint density at radius 3 is 2.52 bits per heavy atom. The average molecular weight is 378 g/mol. The molecule has 2 amide bonds. The van der Waals surface area contributed by atoms with Crippen LogP contribution in [0.4, 0.5) is 5.69 Å². The van der Waals surface area contributed by atoms with Gasteiger partial charge in [-0.1, -0.05) is 35.3 Å². The van der Waals surface area contributed by atoms with Crippen molar-refractivity contribution in [2.75, 3.05) is 18.4 Å². The van der Waals surface area contributed by atoms with E-state index in [-0.39, 0.29) is 18.4 Å². The highest BCUT2D eigenvalue weighted by atomic mass is 35.5. The third kappa shape index (κ3) is 5.59. The number of benzene rings is 1. The lowest BCUT2D eigenvalue weighted by atomic mass is 10.2. The normalized spacial score (nSPS) is 10.7. The summed E-state index contributed by atoms with van der Waals surface area (Å²) in [5.41, 5.74) is 1.14. The second kappa shape index (κ2) is 9.20. The van der Waals surface area contributed by atoms with Gasteiger partial charge in [0.1, 0.15) is 6.54 Å². The van der Waals surface area contributed by atoms with Crippen molar-refractivity contribution in [2.45, 2.75) is 6.92 Å². The third-order valence-electron chi connectivity index (χ3n) is 3.36. The molecular formula is C18H17Cl2N3O2. The van der Waals surface area contributed by atoms with E-state index < -0.39 is 0 Å². The average Bonchev–Trinajstić information content (AvgIpc) is 2.61. The van der Waals surface area contributed by atoms with Crippen LogP contribution in [0.2, 0.25) is 10.0 Å². The minimum Gasteiger partial charge on any atom is -0.330 e. The monoisotopic (exact) mass is 377 g/mol. The van der Waals surface area contributed by atoms with Gasteiger partial charge in [-0.05, 0) is 36.8 Å². The molecule has 0 atom stereocenters. The van der Waals surface area contributed by atoms with Crippen molar-refractivity contribution in [3.8, 4) is 0 Å². The van der Waals surface area contributed by atoms with E-state index in [1.807, 2.05) is 6.07 Å². The number of nitrogens with one attached hydrogen (secondary N) is 1. The van der Waals surface area contributed by atoms with E-state index in [1.165, 1.54) is 11.0 Å². The fourth-order valence-electron chi connectivity index (χ4n) is 2.06. The van der Waals surface area contributed by atoms with Gasteiger partial charge in [-0.25, -0.2) is 0 Å². The number of hydrogen-bond acceptors (Lipinski definition) is 3. The van der Waals surface area contributed by atoms with Crippen LogP contribution >= 0.6 is 23.2 Å². The molecule has 0 spiro atoms. The number of halogens is 2. The second-order valence-corrected chi connectivity index (χ2v) is 5.93. The number of para-hydroxylation sites is 1. The van der Waals surface area contributed by atoms with Crippen LogP contribution in [0.15, 0.2) is 48.8 Å². The van der Waals surface area contributed by atoms with Crippen molar-refractivity contribution < 1.29 is 9.59 Å². The van der Waals surface area contributed by atoms with Crippen molar-refractivity contribution in [1.29, 1.82) is 0 Å². The largest absolute Gasteiger partial charge is 0.330 e. The van der Waals surface area contributed by atoms with Crippen molar-refractivity contribution >= 4 is 46.8 Å². The summed E-state index contributed by atoms with van der Waals surface area (Å²) in [6.45, 7) is 2.08. The van der Waals surface area contributed by atoms with Crippen molar-refractivity contribution in [2.24, 2.45) is 0 Å². The molecule has 0 radical (unpaired) electrons. The molecule has 2 rings (SSSR count). The molecule has 130 valence electrons. The lowest BCUT2D eigenvalue weighted by molar-refractivity contribution is -0.130. The third-order valence-corrected chi connectivity index (χ3v) is 3.99. The maximum atomic E-state index is 12.3. The smallest absolute Gasteiger partial charge is 0.247 e. The van der Waals surface area contributed by atoms with Gasteiger partial charge in [0.15, 0.2) is 0 Å². The summed E-state index contributed by atoms with van der Waals surface area (Å²) in [5, 5.41) is 3.32. The maximum absolute atomic E-state index is 12.3. The lowest BCUT2D eigenvalue weighted by Gasteiger charge is -2.19. The molecule has 7 heteroatoms. The Hall–Kier alpha value is -2.37.